The Bertz CT molecular complexity index is 840. The first kappa shape index (κ1) is 22.4. The molecule has 2 N–H and O–H groups in total. The summed E-state index contributed by atoms with van der Waals surface area (Å²) in [5.74, 6) is -1.99. The van der Waals surface area contributed by atoms with Crippen LogP contribution in [0.15, 0.2) is 16.1 Å². The molecule has 0 bridgehead atoms. The fourth-order valence-electron chi connectivity index (χ4n) is 2.77. The molecule has 10 heteroatoms. The van der Waals surface area contributed by atoms with Crippen molar-refractivity contribution in [1.82, 2.24) is 15.1 Å². The fourth-order valence-corrected chi connectivity index (χ4v) is 2.77. The number of rotatable bonds is 7. The Morgan fingerprint density at radius 2 is 1.97 bits per heavy atom. The predicted molar refractivity (Wildman–Crippen MR) is 109 cm³/mol. The molecule has 29 heavy (non-hydrogen) atoms. The molecule has 1 aromatic rings. The van der Waals surface area contributed by atoms with Crippen molar-refractivity contribution in [3.05, 3.63) is 11.8 Å². The zero-order valence-electron chi connectivity index (χ0n) is 17.5. The zero-order valence-corrected chi connectivity index (χ0v) is 17.5. The number of aliphatic imine (C=N–C) groups is 2. The van der Waals surface area contributed by atoms with Gasteiger partial charge in [-0.15, -0.1) is 0 Å². The second-order valence-electron chi connectivity index (χ2n) is 7.03. The van der Waals surface area contributed by atoms with Gasteiger partial charge in [-0.2, -0.15) is 14.8 Å². The van der Waals surface area contributed by atoms with Crippen LogP contribution in [0.2, 0.25) is 0 Å². The maximum atomic E-state index is 12.2. The van der Waals surface area contributed by atoms with Crippen molar-refractivity contribution < 1.29 is 19.1 Å². The Morgan fingerprint density at radius 3 is 2.59 bits per heavy atom. The van der Waals surface area contributed by atoms with Gasteiger partial charge in [-0.3, -0.25) is 14.4 Å². The van der Waals surface area contributed by atoms with Crippen LogP contribution in [0.3, 0.4) is 0 Å². The first-order valence-electron chi connectivity index (χ1n) is 9.68. The largest absolute Gasteiger partial charge is 0.379 e. The maximum Gasteiger partial charge on any atom is 0.314 e. The number of hydrogen-bond donors (Lipinski definition) is 2. The molecule has 1 atom stereocenters. The number of aromatic nitrogens is 2. The maximum absolute atomic E-state index is 12.2. The van der Waals surface area contributed by atoms with Gasteiger partial charge in [-0.1, -0.05) is 6.92 Å². The van der Waals surface area contributed by atoms with Gasteiger partial charge in [0, 0.05) is 24.9 Å². The van der Waals surface area contributed by atoms with E-state index in [0.717, 1.165) is 0 Å². The van der Waals surface area contributed by atoms with Gasteiger partial charge < -0.3 is 15.4 Å². The van der Waals surface area contributed by atoms with Gasteiger partial charge in [-0.05, 0) is 40.5 Å². The minimum atomic E-state index is -0.842. The molecule has 0 saturated carbocycles. The van der Waals surface area contributed by atoms with Crippen molar-refractivity contribution in [2.75, 3.05) is 18.5 Å². The van der Waals surface area contributed by atoms with Crippen LogP contribution >= 0.6 is 0 Å². The molecule has 1 aliphatic heterocycles. The smallest absolute Gasteiger partial charge is 0.314 e. The molecule has 3 amide bonds. The SMILES string of the molecule is CCC1C(=O)N=C(n2nc(C)cc2NC(=O)C(=O)NCCCOC(C)C)N=C1C. The molecule has 0 fully saturated rings. The van der Waals surface area contributed by atoms with E-state index < -0.39 is 11.8 Å². The van der Waals surface area contributed by atoms with Crippen LogP contribution in [0.5, 0.6) is 0 Å². The van der Waals surface area contributed by atoms with Gasteiger partial charge in [-0.25, -0.2) is 4.99 Å². The average Bonchev–Trinajstić information content (AvgIpc) is 3.00. The topological polar surface area (TPSA) is 127 Å². The molecule has 1 unspecified atom stereocenters. The van der Waals surface area contributed by atoms with E-state index in [4.69, 9.17) is 4.74 Å². The summed E-state index contributed by atoms with van der Waals surface area (Å²) >= 11 is 0. The highest BCUT2D eigenvalue weighted by Gasteiger charge is 2.27. The summed E-state index contributed by atoms with van der Waals surface area (Å²) in [4.78, 5) is 44.8. The van der Waals surface area contributed by atoms with E-state index in [0.29, 0.717) is 37.4 Å². The summed E-state index contributed by atoms with van der Waals surface area (Å²) in [7, 11) is 0. The van der Waals surface area contributed by atoms with Gasteiger partial charge in [0.05, 0.1) is 17.7 Å². The lowest BCUT2D eigenvalue weighted by atomic mass is 10.00. The average molecular weight is 404 g/mol. The highest BCUT2D eigenvalue weighted by atomic mass is 16.5. The van der Waals surface area contributed by atoms with Crippen molar-refractivity contribution in [1.29, 1.82) is 0 Å². The van der Waals surface area contributed by atoms with Crippen LogP contribution in [0.25, 0.3) is 0 Å². The number of nitrogens with zero attached hydrogens (tertiary/aromatic N) is 4. The highest BCUT2D eigenvalue weighted by Crippen LogP contribution is 2.17. The molecule has 0 radical (unpaired) electrons. The van der Waals surface area contributed by atoms with E-state index in [9.17, 15) is 14.4 Å². The molecule has 1 aliphatic rings. The normalized spacial score (nSPS) is 16.5. The molecule has 1 aromatic heterocycles. The van der Waals surface area contributed by atoms with Crippen LogP contribution in [-0.2, 0) is 19.1 Å². The second-order valence-corrected chi connectivity index (χ2v) is 7.03. The lowest BCUT2D eigenvalue weighted by Gasteiger charge is -2.17. The summed E-state index contributed by atoms with van der Waals surface area (Å²) in [5.41, 5.74) is 1.21. The lowest BCUT2D eigenvalue weighted by molar-refractivity contribution is -0.136. The van der Waals surface area contributed by atoms with Crippen molar-refractivity contribution in [3.63, 3.8) is 0 Å². The minimum absolute atomic E-state index is 0.0619. The van der Waals surface area contributed by atoms with Crippen LogP contribution in [-0.4, -0.2) is 58.4 Å². The molecule has 0 aromatic carbocycles. The fraction of sp³-hybridized carbons (Fsp3) is 0.579. The van der Waals surface area contributed by atoms with Crippen LogP contribution in [0, 0.1) is 12.8 Å². The Balaban J connectivity index is 2.03. The molecule has 2 rings (SSSR count). The number of hydrogen-bond acceptors (Lipinski definition) is 6. The van der Waals surface area contributed by atoms with Crippen LogP contribution in [0.4, 0.5) is 5.82 Å². The van der Waals surface area contributed by atoms with E-state index in [-0.39, 0.29) is 29.7 Å². The van der Waals surface area contributed by atoms with E-state index in [1.54, 1.807) is 19.9 Å². The molecule has 0 aliphatic carbocycles. The van der Waals surface area contributed by atoms with Crippen molar-refractivity contribution in [2.45, 2.75) is 53.6 Å². The summed E-state index contributed by atoms with van der Waals surface area (Å²) in [6, 6.07) is 1.57. The third-order valence-corrected chi connectivity index (χ3v) is 4.22. The standard InChI is InChI=1S/C19H28N6O4/c1-6-14-13(5)21-19(23-16(14)26)25-15(10-12(4)24-25)22-18(28)17(27)20-8-7-9-29-11(2)3/h10-11,14H,6-9H2,1-5H3,(H,20,27)(H,22,28). The second kappa shape index (κ2) is 10.1. The van der Waals surface area contributed by atoms with Gasteiger partial charge in [0.25, 0.3) is 11.9 Å². The summed E-state index contributed by atoms with van der Waals surface area (Å²) < 4.78 is 6.64. The Hall–Kier alpha value is -2.88. The molecule has 10 nitrogen and oxygen atoms in total. The van der Waals surface area contributed by atoms with Gasteiger partial charge in [0.2, 0.25) is 0 Å². The number of carbonyl (C=O) groups excluding carboxylic acids is 3. The Labute approximate surface area is 169 Å². The summed E-state index contributed by atoms with van der Waals surface area (Å²) in [6.07, 6.45) is 1.32. The van der Waals surface area contributed by atoms with Crippen molar-refractivity contribution in [3.8, 4) is 0 Å². The number of nitrogens with one attached hydrogen (secondary N) is 2. The predicted octanol–water partition coefficient (Wildman–Crippen LogP) is 1.29. The third-order valence-electron chi connectivity index (χ3n) is 4.22. The summed E-state index contributed by atoms with van der Waals surface area (Å²) in [5, 5.41) is 9.27. The number of ether oxygens (including phenoxy) is 1. The third kappa shape index (κ3) is 6.05. The van der Waals surface area contributed by atoms with Gasteiger partial charge in [0.1, 0.15) is 5.82 Å². The minimum Gasteiger partial charge on any atom is -0.379 e. The van der Waals surface area contributed by atoms with E-state index >= 15 is 0 Å². The lowest BCUT2D eigenvalue weighted by Crippen LogP contribution is -2.37. The molecule has 0 saturated heterocycles. The van der Waals surface area contributed by atoms with Crippen LogP contribution < -0.4 is 10.6 Å². The van der Waals surface area contributed by atoms with Gasteiger partial charge in [0.15, 0.2) is 0 Å². The van der Waals surface area contributed by atoms with E-state index in [2.05, 4.69) is 25.7 Å². The number of amides is 3. The Morgan fingerprint density at radius 1 is 1.24 bits per heavy atom. The molecular weight excluding hydrogens is 376 g/mol. The van der Waals surface area contributed by atoms with Crippen molar-refractivity contribution >= 4 is 35.2 Å². The molecule has 0 spiro atoms. The molecule has 158 valence electrons. The van der Waals surface area contributed by atoms with Crippen LogP contribution in [0.1, 0.15) is 46.2 Å². The Kier molecular flexibility index (Phi) is 7.77. The van der Waals surface area contributed by atoms with E-state index in [1.807, 2.05) is 20.8 Å². The monoisotopic (exact) mass is 404 g/mol. The first-order valence-corrected chi connectivity index (χ1v) is 9.68. The van der Waals surface area contributed by atoms with Crippen molar-refractivity contribution in [2.24, 2.45) is 15.9 Å². The highest BCUT2D eigenvalue weighted by molar-refractivity contribution is 6.39. The number of aryl methyl sites for hydroxylation is 1. The first-order chi connectivity index (χ1) is 13.7. The number of anilines is 1. The molecular formula is C19H28N6O4. The summed E-state index contributed by atoms with van der Waals surface area (Å²) in [6.45, 7) is 10.0. The van der Waals surface area contributed by atoms with Gasteiger partial charge >= 0.3 is 11.8 Å². The molecule has 2 heterocycles. The van der Waals surface area contributed by atoms with E-state index in [1.165, 1.54) is 4.68 Å². The zero-order chi connectivity index (χ0) is 21.6. The number of carbonyl (C=O) groups is 3. The quantitative estimate of drug-likeness (QED) is 0.523.